The molecule has 0 radical (unpaired) electrons. The number of carbonyl (C=O) groups is 1. The van der Waals surface area contributed by atoms with Crippen LogP contribution in [0.2, 0.25) is 0 Å². The molecule has 0 spiro atoms. The number of hydrogen-bond acceptors (Lipinski definition) is 4. The summed E-state index contributed by atoms with van der Waals surface area (Å²) in [4.78, 5) is 22.1. The Morgan fingerprint density at radius 3 is 2.75 bits per heavy atom. The first-order valence-corrected chi connectivity index (χ1v) is 9.85. The van der Waals surface area contributed by atoms with E-state index in [0.29, 0.717) is 18.2 Å². The first-order valence-electron chi connectivity index (χ1n) is 9.85. The van der Waals surface area contributed by atoms with E-state index in [1.54, 1.807) is 13.2 Å². The highest BCUT2D eigenvalue weighted by Crippen LogP contribution is 2.29. The van der Waals surface area contributed by atoms with Crippen LogP contribution in [-0.2, 0) is 17.9 Å². The molecular formula is C22H26FN3O2. The van der Waals surface area contributed by atoms with Crippen LogP contribution in [-0.4, -0.2) is 53.5 Å². The number of hydrogen-bond donors (Lipinski definition) is 0. The average molecular weight is 383 g/mol. The molecule has 1 aromatic heterocycles. The number of amides is 1. The predicted molar refractivity (Wildman–Crippen MR) is 104 cm³/mol. The maximum Gasteiger partial charge on any atom is 0.272 e. The Balaban J connectivity index is 1.47. The van der Waals surface area contributed by atoms with Crippen LogP contribution in [0.3, 0.4) is 0 Å². The Bertz CT molecular complexity index is 827. The molecule has 3 aliphatic rings. The number of nitrogens with zero attached hydrogens (tertiary/aromatic N) is 3. The number of rotatable bonds is 5. The summed E-state index contributed by atoms with van der Waals surface area (Å²) in [6, 6.07) is 12.4. The molecule has 6 heteroatoms. The lowest BCUT2D eigenvalue weighted by Crippen LogP contribution is -2.47. The second-order valence-electron chi connectivity index (χ2n) is 7.82. The van der Waals surface area contributed by atoms with Crippen molar-refractivity contribution in [1.29, 1.82) is 0 Å². The number of pyridine rings is 1. The molecule has 1 amide bonds. The maximum atomic E-state index is 13.2. The van der Waals surface area contributed by atoms with E-state index in [2.05, 4.69) is 9.88 Å². The van der Waals surface area contributed by atoms with Gasteiger partial charge in [-0.25, -0.2) is 9.37 Å². The zero-order valence-corrected chi connectivity index (χ0v) is 16.2. The first-order chi connectivity index (χ1) is 13.6. The summed E-state index contributed by atoms with van der Waals surface area (Å²) in [6.45, 7) is 3.78. The molecule has 2 bridgehead atoms. The number of ether oxygens (including phenoxy) is 1. The van der Waals surface area contributed by atoms with Crippen LogP contribution in [0.25, 0.3) is 0 Å². The van der Waals surface area contributed by atoms with Crippen molar-refractivity contribution in [2.45, 2.75) is 32.0 Å². The van der Waals surface area contributed by atoms with Gasteiger partial charge in [-0.2, -0.15) is 0 Å². The van der Waals surface area contributed by atoms with Gasteiger partial charge in [-0.1, -0.05) is 18.2 Å². The van der Waals surface area contributed by atoms with Gasteiger partial charge in [0.15, 0.2) is 0 Å². The molecule has 5 rings (SSSR count). The van der Waals surface area contributed by atoms with Crippen LogP contribution in [0.1, 0.15) is 34.6 Å². The zero-order valence-electron chi connectivity index (χ0n) is 16.2. The van der Waals surface area contributed by atoms with E-state index in [4.69, 9.17) is 4.74 Å². The Labute approximate surface area is 165 Å². The van der Waals surface area contributed by atoms with Crippen LogP contribution in [0.15, 0.2) is 42.5 Å². The quantitative estimate of drug-likeness (QED) is 0.796. The lowest BCUT2D eigenvalue weighted by atomic mass is 9.94. The molecule has 3 saturated heterocycles. The van der Waals surface area contributed by atoms with Crippen molar-refractivity contribution in [2.24, 2.45) is 5.92 Å². The molecule has 0 unspecified atom stereocenters. The molecule has 3 aliphatic heterocycles. The molecule has 4 heterocycles. The minimum absolute atomic E-state index is 0.0104. The molecule has 0 aliphatic carbocycles. The number of methoxy groups -OCH3 is 1. The summed E-state index contributed by atoms with van der Waals surface area (Å²) in [5.74, 6) is 0.265. The Morgan fingerprint density at radius 1 is 1.14 bits per heavy atom. The van der Waals surface area contributed by atoms with E-state index < -0.39 is 0 Å². The summed E-state index contributed by atoms with van der Waals surface area (Å²) in [6.07, 6.45) is 2.17. The summed E-state index contributed by atoms with van der Waals surface area (Å²) in [5.41, 5.74) is 2.37. The number of benzene rings is 1. The average Bonchev–Trinajstić information content (AvgIpc) is 3.00. The van der Waals surface area contributed by atoms with E-state index in [1.807, 2.05) is 29.2 Å². The van der Waals surface area contributed by atoms with Crippen molar-refractivity contribution in [3.05, 3.63) is 65.2 Å². The van der Waals surface area contributed by atoms with Gasteiger partial charge in [0.25, 0.3) is 5.91 Å². The van der Waals surface area contributed by atoms with Gasteiger partial charge in [0, 0.05) is 39.3 Å². The normalized spacial score (nSPS) is 22.3. The van der Waals surface area contributed by atoms with Crippen molar-refractivity contribution in [3.63, 3.8) is 0 Å². The lowest BCUT2D eigenvalue weighted by molar-refractivity contribution is 0.0578. The van der Waals surface area contributed by atoms with Crippen molar-refractivity contribution in [3.8, 4) is 0 Å². The van der Waals surface area contributed by atoms with Gasteiger partial charge in [-0.15, -0.1) is 0 Å². The molecule has 0 N–H and O–H groups in total. The minimum atomic E-state index is -0.209. The number of fused-ring (bicyclic) bond motifs is 4. The maximum absolute atomic E-state index is 13.2. The van der Waals surface area contributed by atoms with E-state index in [-0.39, 0.29) is 17.8 Å². The number of halogens is 1. The minimum Gasteiger partial charge on any atom is -0.378 e. The number of carbonyl (C=O) groups excluding carboxylic acids is 1. The van der Waals surface area contributed by atoms with Crippen molar-refractivity contribution < 1.29 is 13.9 Å². The van der Waals surface area contributed by atoms with E-state index in [1.165, 1.54) is 12.1 Å². The molecule has 2 aromatic rings. The van der Waals surface area contributed by atoms with Gasteiger partial charge in [-0.3, -0.25) is 9.69 Å². The van der Waals surface area contributed by atoms with Gasteiger partial charge >= 0.3 is 0 Å². The molecule has 148 valence electrons. The number of piperidine rings is 1. The molecular weight excluding hydrogens is 357 g/mol. The highest BCUT2D eigenvalue weighted by Gasteiger charge is 2.37. The second-order valence-corrected chi connectivity index (χ2v) is 7.82. The summed E-state index contributed by atoms with van der Waals surface area (Å²) < 4.78 is 18.3. The Morgan fingerprint density at radius 2 is 1.96 bits per heavy atom. The van der Waals surface area contributed by atoms with E-state index in [9.17, 15) is 9.18 Å². The summed E-state index contributed by atoms with van der Waals surface area (Å²) in [7, 11) is 1.62. The summed E-state index contributed by atoms with van der Waals surface area (Å²) in [5, 5.41) is 0. The second kappa shape index (κ2) is 8.37. The third-order valence-electron chi connectivity index (χ3n) is 5.69. The monoisotopic (exact) mass is 383 g/mol. The third-order valence-corrected chi connectivity index (χ3v) is 5.69. The molecule has 0 saturated carbocycles. The largest absolute Gasteiger partial charge is 0.378 e. The van der Waals surface area contributed by atoms with Gasteiger partial charge in [0.05, 0.1) is 12.3 Å². The fraction of sp³-hybridized carbons (Fsp3) is 0.455. The Kier molecular flexibility index (Phi) is 5.69. The smallest absolute Gasteiger partial charge is 0.272 e. The van der Waals surface area contributed by atoms with Crippen molar-refractivity contribution in [2.75, 3.05) is 26.7 Å². The molecule has 28 heavy (non-hydrogen) atoms. The van der Waals surface area contributed by atoms with Gasteiger partial charge in [0.2, 0.25) is 0 Å². The van der Waals surface area contributed by atoms with Gasteiger partial charge in [-0.05, 0) is 48.6 Å². The van der Waals surface area contributed by atoms with Gasteiger partial charge < -0.3 is 9.64 Å². The van der Waals surface area contributed by atoms with E-state index >= 15 is 0 Å². The van der Waals surface area contributed by atoms with Crippen LogP contribution in [0.5, 0.6) is 0 Å². The molecule has 3 fully saturated rings. The highest BCUT2D eigenvalue weighted by molar-refractivity contribution is 5.92. The van der Waals surface area contributed by atoms with Crippen LogP contribution < -0.4 is 0 Å². The van der Waals surface area contributed by atoms with Crippen molar-refractivity contribution in [1.82, 2.24) is 14.8 Å². The molecule has 2 atom stereocenters. The van der Waals surface area contributed by atoms with Crippen LogP contribution in [0, 0.1) is 11.7 Å². The molecule has 5 nitrogen and oxygen atoms in total. The standard InChI is InChI=1S/C22H26FN3O2/c1-28-15-19-3-2-4-21(24-19)22(27)26-13-17-7-10-20(26)14-25(12-17)11-16-5-8-18(23)9-6-16/h2-6,8-9,17,20H,7,10-15H2,1H3/t17-,20+/m0/s1. The van der Waals surface area contributed by atoms with Crippen molar-refractivity contribution >= 4 is 5.91 Å². The fourth-order valence-electron chi connectivity index (χ4n) is 4.38. The SMILES string of the molecule is COCc1cccc(C(=O)N2C[C@H]3CC[C@@H]2CN(Cc2ccc(F)cc2)C3)n1. The topological polar surface area (TPSA) is 45.7 Å². The fourth-order valence-corrected chi connectivity index (χ4v) is 4.38. The Hall–Kier alpha value is -2.31. The van der Waals surface area contributed by atoms with Gasteiger partial charge in [0.1, 0.15) is 11.5 Å². The van der Waals surface area contributed by atoms with Crippen LogP contribution >= 0.6 is 0 Å². The summed E-state index contributed by atoms with van der Waals surface area (Å²) >= 11 is 0. The predicted octanol–water partition coefficient (Wildman–Crippen LogP) is 3.10. The van der Waals surface area contributed by atoms with Crippen LogP contribution in [0.4, 0.5) is 4.39 Å². The van der Waals surface area contributed by atoms with E-state index in [0.717, 1.165) is 50.3 Å². The lowest BCUT2D eigenvalue weighted by Gasteiger charge is -2.36. The first kappa shape index (κ1) is 19.0. The zero-order chi connectivity index (χ0) is 19.5. The molecule has 1 aromatic carbocycles. The third kappa shape index (κ3) is 4.23. The highest BCUT2D eigenvalue weighted by atomic mass is 19.1. The number of aromatic nitrogens is 1.